The molecule has 8 rings (SSSR count). The van der Waals surface area contributed by atoms with Crippen molar-refractivity contribution in [3.8, 4) is 28.3 Å². The van der Waals surface area contributed by atoms with Crippen LogP contribution in [0.2, 0.25) is 0 Å². The highest BCUT2D eigenvalue weighted by molar-refractivity contribution is 7.88. The van der Waals surface area contributed by atoms with E-state index in [1.54, 1.807) is 6.20 Å². The average Bonchev–Trinajstić information content (AvgIpc) is 3.45. The molecule has 2 aliphatic heterocycles. The van der Waals surface area contributed by atoms with Gasteiger partial charge in [0.25, 0.3) is 0 Å². The molecule has 1 saturated carbocycles. The van der Waals surface area contributed by atoms with E-state index in [9.17, 15) is 13.2 Å². The zero-order valence-electron chi connectivity index (χ0n) is 29.6. The summed E-state index contributed by atoms with van der Waals surface area (Å²) in [6.45, 7) is 7.81. The number of nitrogens with zero attached hydrogens (tertiary/aromatic N) is 7. The third kappa shape index (κ3) is 5.28. The van der Waals surface area contributed by atoms with Gasteiger partial charge in [-0.1, -0.05) is 12.1 Å². The second kappa shape index (κ2) is 11.6. The Morgan fingerprint density at radius 3 is 2.37 bits per heavy atom. The Bertz CT molecular complexity index is 2320. The van der Waals surface area contributed by atoms with Crippen LogP contribution in [-0.4, -0.2) is 83.4 Å². The number of anilines is 2. The minimum Gasteiger partial charge on any atom is -0.414 e. The molecule has 1 amide bonds. The van der Waals surface area contributed by atoms with Gasteiger partial charge < -0.3 is 15.4 Å². The predicted octanol–water partition coefficient (Wildman–Crippen LogP) is 6.08. The van der Waals surface area contributed by atoms with Crippen molar-refractivity contribution < 1.29 is 17.9 Å². The number of piperazine rings is 1. The fourth-order valence-corrected chi connectivity index (χ4v) is 8.81. The van der Waals surface area contributed by atoms with Gasteiger partial charge in [0, 0.05) is 62.5 Å². The van der Waals surface area contributed by atoms with E-state index in [0.29, 0.717) is 54.5 Å². The lowest BCUT2D eigenvalue weighted by Crippen LogP contribution is -2.74. The van der Waals surface area contributed by atoms with Gasteiger partial charge in [0.2, 0.25) is 10.0 Å². The smallest absolute Gasteiger partial charge is 0.414 e. The van der Waals surface area contributed by atoms with E-state index in [0.717, 1.165) is 47.6 Å². The van der Waals surface area contributed by atoms with Crippen LogP contribution in [0.15, 0.2) is 72.9 Å². The molecular formula is C38H43N8O4S+. The summed E-state index contributed by atoms with van der Waals surface area (Å²) in [6.07, 6.45) is 5.59. The van der Waals surface area contributed by atoms with Crippen molar-refractivity contribution in [2.24, 2.45) is 0 Å². The zero-order chi connectivity index (χ0) is 35.9. The van der Waals surface area contributed by atoms with Crippen LogP contribution < -0.4 is 15.1 Å². The summed E-state index contributed by atoms with van der Waals surface area (Å²) >= 11 is 0. The van der Waals surface area contributed by atoms with Crippen LogP contribution in [0.4, 0.5) is 22.0 Å². The molecule has 3 aromatic heterocycles. The van der Waals surface area contributed by atoms with Crippen LogP contribution in [0.25, 0.3) is 39.5 Å². The minimum atomic E-state index is -3.22. The fraction of sp³-hybridized carbons (Fsp3) is 0.368. The largest absolute Gasteiger partial charge is 0.522 e. The number of fused-ring (bicyclic) bond motifs is 3. The molecule has 13 heteroatoms. The molecule has 1 spiro atoms. The molecule has 12 nitrogen and oxygen atoms in total. The molecule has 2 aromatic carbocycles. The summed E-state index contributed by atoms with van der Waals surface area (Å²) in [5.41, 5.74) is 13.1. The average molecular weight is 708 g/mol. The van der Waals surface area contributed by atoms with Gasteiger partial charge in [-0.15, -0.1) is 0 Å². The van der Waals surface area contributed by atoms with Gasteiger partial charge in [0.1, 0.15) is 22.5 Å². The van der Waals surface area contributed by atoms with E-state index in [2.05, 4.69) is 34.1 Å². The second-order valence-electron chi connectivity index (χ2n) is 15.0. The first-order chi connectivity index (χ1) is 24.2. The number of sulfonamides is 1. The van der Waals surface area contributed by atoms with Gasteiger partial charge in [-0.3, -0.25) is 4.57 Å². The number of hydrogen-bond acceptors (Lipinski definition) is 9. The summed E-state index contributed by atoms with van der Waals surface area (Å²) in [5.74, 6) is 0.950. The van der Waals surface area contributed by atoms with E-state index in [-0.39, 0.29) is 16.1 Å². The van der Waals surface area contributed by atoms with Crippen molar-refractivity contribution in [2.75, 3.05) is 50.1 Å². The Labute approximate surface area is 298 Å². The molecule has 1 aliphatic carbocycles. The Balaban J connectivity index is 1.24. The van der Waals surface area contributed by atoms with E-state index in [1.165, 1.54) is 16.1 Å². The third-order valence-corrected chi connectivity index (χ3v) is 12.1. The number of rotatable bonds is 5. The molecule has 51 heavy (non-hydrogen) atoms. The molecule has 5 aromatic rings. The first kappa shape index (κ1) is 33.3. The highest BCUT2D eigenvalue weighted by Crippen LogP contribution is 2.63. The van der Waals surface area contributed by atoms with Gasteiger partial charge in [0.15, 0.2) is 17.2 Å². The van der Waals surface area contributed by atoms with Crippen molar-refractivity contribution in [2.45, 2.75) is 51.2 Å². The third-order valence-electron chi connectivity index (χ3n) is 10.8. The molecule has 1 saturated heterocycles. The molecule has 3 aliphatic rings. The van der Waals surface area contributed by atoms with Gasteiger partial charge in [0.05, 0.1) is 35.8 Å². The monoisotopic (exact) mass is 707 g/mol. The van der Waals surface area contributed by atoms with Crippen molar-refractivity contribution in [3.05, 3.63) is 78.5 Å². The van der Waals surface area contributed by atoms with Crippen LogP contribution in [0, 0.1) is 0 Å². The maximum atomic E-state index is 13.9. The van der Waals surface area contributed by atoms with E-state index < -0.39 is 15.6 Å². The summed E-state index contributed by atoms with van der Waals surface area (Å²) in [4.78, 5) is 30.8. The molecule has 1 unspecified atom stereocenters. The Morgan fingerprint density at radius 2 is 1.71 bits per heavy atom. The van der Waals surface area contributed by atoms with Gasteiger partial charge in [-0.25, -0.2) is 23.4 Å². The molecule has 2 fully saturated rings. The number of ether oxygens (including phenoxy) is 1. The number of aromatic nitrogens is 4. The topological polar surface area (TPSA) is 137 Å². The van der Waals surface area contributed by atoms with Crippen molar-refractivity contribution >= 4 is 44.5 Å². The zero-order valence-corrected chi connectivity index (χ0v) is 30.4. The highest BCUT2D eigenvalue weighted by Gasteiger charge is 2.70. The van der Waals surface area contributed by atoms with Crippen LogP contribution in [0.1, 0.15) is 45.6 Å². The minimum absolute atomic E-state index is 0.0916. The number of pyridine rings is 2. The maximum absolute atomic E-state index is 13.9. The van der Waals surface area contributed by atoms with E-state index >= 15 is 0 Å². The maximum Gasteiger partial charge on any atom is 0.522 e. The molecule has 0 radical (unpaired) electrons. The summed E-state index contributed by atoms with van der Waals surface area (Å²) in [5, 5.41) is 0. The highest BCUT2D eigenvalue weighted by atomic mass is 32.2. The number of carbonyl (C=O) groups excluding carboxylic acids is 1. The van der Waals surface area contributed by atoms with Gasteiger partial charge in [-0.05, 0) is 75.7 Å². The fourth-order valence-electron chi connectivity index (χ4n) is 7.99. The summed E-state index contributed by atoms with van der Waals surface area (Å²) in [7, 11) is -1.24. The number of quaternary nitrogens is 1. The standard InChI is InChI=1S/C38H43N8O4S/c1-37(2,3)50-36(47)46(4)32-24-27(12-13-29(32)38(46)16-8-17-38)45-34(28-11-7-18-40-33(28)39)42-31-15-14-30(41-35(31)45)25-9-6-10-26(23-25)43-19-21-44(22-20-43)51(5,48)49/h6-7,9-15,18,23-24H,8,16-17,19-22H2,1-5H3,(H2,39,40)/q+1. The Kier molecular flexibility index (Phi) is 7.57. The lowest BCUT2D eigenvalue weighted by Gasteiger charge is -2.60. The first-order valence-corrected chi connectivity index (χ1v) is 19.2. The lowest BCUT2D eigenvalue weighted by molar-refractivity contribution is -0.0330. The lowest BCUT2D eigenvalue weighted by atomic mass is 9.62. The van der Waals surface area contributed by atoms with Crippen molar-refractivity contribution in [1.29, 1.82) is 0 Å². The molecule has 1 atom stereocenters. The van der Waals surface area contributed by atoms with Crippen molar-refractivity contribution in [3.63, 3.8) is 0 Å². The quantitative estimate of drug-likeness (QED) is 0.216. The van der Waals surface area contributed by atoms with Crippen molar-refractivity contribution in [1.82, 2.24) is 28.3 Å². The number of amides is 1. The number of carbonyl (C=O) groups is 1. The predicted molar refractivity (Wildman–Crippen MR) is 200 cm³/mol. The molecule has 5 heterocycles. The number of hydrogen-bond donors (Lipinski definition) is 1. The molecule has 0 bridgehead atoms. The Morgan fingerprint density at radius 1 is 0.941 bits per heavy atom. The number of nitrogens with two attached hydrogens (primary N) is 1. The van der Waals surface area contributed by atoms with Gasteiger partial charge in [-0.2, -0.15) is 13.6 Å². The molecule has 2 N–H and O–H groups in total. The van der Waals surface area contributed by atoms with E-state index in [1.807, 2.05) is 74.9 Å². The van der Waals surface area contributed by atoms with Crippen LogP contribution in [-0.2, 0) is 20.3 Å². The van der Waals surface area contributed by atoms with Crippen LogP contribution in [0.3, 0.4) is 0 Å². The second-order valence-corrected chi connectivity index (χ2v) is 17.0. The molecular weight excluding hydrogens is 665 g/mol. The number of nitrogen functional groups attached to an aromatic ring is 1. The van der Waals surface area contributed by atoms with E-state index in [4.69, 9.17) is 20.4 Å². The number of benzene rings is 2. The molecule has 264 valence electrons. The summed E-state index contributed by atoms with van der Waals surface area (Å²) < 4.78 is 33.8. The number of imidazole rings is 1. The SMILES string of the molecule is CC(C)(C)OC(=O)[N+]1(C)c2cc(-n3c(-c4cccnc4N)nc4ccc(-c5cccc(N6CCN(S(C)(=O)=O)CC6)c5)nc43)ccc2C12CCC2. The first-order valence-electron chi connectivity index (χ1n) is 17.4. The van der Waals surface area contributed by atoms with Crippen LogP contribution in [0.5, 0.6) is 0 Å². The normalized spacial score (nSPS) is 20.1. The Hall–Kier alpha value is -4.85. The van der Waals surface area contributed by atoms with Crippen LogP contribution >= 0.6 is 0 Å². The summed E-state index contributed by atoms with van der Waals surface area (Å²) in [6, 6.07) is 22.1. The van der Waals surface area contributed by atoms with Gasteiger partial charge >= 0.3 is 6.09 Å².